The summed E-state index contributed by atoms with van der Waals surface area (Å²) in [7, 11) is 0. The molecule has 0 amide bonds. The lowest BCUT2D eigenvalue weighted by atomic mass is 9.96. The van der Waals surface area contributed by atoms with Gasteiger partial charge in [0.05, 0.1) is 6.67 Å². The van der Waals surface area contributed by atoms with Crippen molar-refractivity contribution in [2.45, 2.75) is 63.7 Å². The van der Waals surface area contributed by atoms with Gasteiger partial charge in [-0.05, 0) is 49.3 Å². The minimum Gasteiger partial charge on any atom is -0.357 e. The van der Waals surface area contributed by atoms with Gasteiger partial charge in [-0.1, -0.05) is 36.7 Å². The van der Waals surface area contributed by atoms with Crippen LogP contribution in [0.1, 0.15) is 55.9 Å². The summed E-state index contributed by atoms with van der Waals surface area (Å²) in [5.74, 6) is 0. The summed E-state index contributed by atoms with van der Waals surface area (Å²) in [5, 5.41) is 11.5. The number of nitrogens with zero attached hydrogens (tertiary/aromatic N) is 3. The molecule has 130 valence electrons. The first kappa shape index (κ1) is 16.7. The van der Waals surface area contributed by atoms with Gasteiger partial charge in [0.1, 0.15) is 0 Å². The maximum Gasteiger partial charge on any atom is 0.204 e. The first-order valence-electron chi connectivity index (χ1n) is 8.91. The third kappa shape index (κ3) is 3.74. The predicted octanol–water partition coefficient (Wildman–Crippen LogP) is 5.27. The molecule has 7 heteroatoms. The summed E-state index contributed by atoms with van der Waals surface area (Å²) in [4.78, 5) is 3.99. The first-order valence-corrected chi connectivity index (χ1v) is 11.0. The van der Waals surface area contributed by atoms with Crippen LogP contribution in [0.15, 0.2) is 17.5 Å². The van der Waals surface area contributed by atoms with Crippen molar-refractivity contribution >= 4 is 40.0 Å². The fraction of sp³-hybridized carbons (Fsp3) is 0.647. The van der Waals surface area contributed by atoms with E-state index in [2.05, 4.69) is 27.7 Å². The van der Waals surface area contributed by atoms with Gasteiger partial charge < -0.3 is 5.32 Å². The monoisotopic (exact) mass is 380 g/mol. The molecule has 0 radical (unpaired) electrons. The topological polar surface area (TPSA) is 33.1 Å². The van der Waals surface area contributed by atoms with E-state index in [4.69, 9.17) is 17.3 Å². The molecule has 2 aliphatic rings. The Balaban J connectivity index is 1.43. The molecule has 1 atom stereocenters. The average Bonchev–Trinajstić information content (AvgIpc) is 3.31. The molecule has 2 aromatic rings. The van der Waals surface area contributed by atoms with Crippen molar-refractivity contribution in [1.82, 2.24) is 14.7 Å². The standard InChI is InChI=1S/C17H24N4S3/c22-17-21(19-16(24-17)18-13-6-2-1-3-7-13)12-20-10-4-8-14(20)15-9-5-11-23-15/h5,9,11,13-14H,1-4,6-8,10,12H2,(H,18,19)/t14-/m0/s1. The number of rotatable bonds is 5. The minimum atomic E-state index is 0.531. The third-order valence-corrected chi connectivity index (χ3v) is 7.30. The highest BCUT2D eigenvalue weighted by Gasteiger charge is 2.27. The largest absolute Gasteiger partial charge is 0.357 e. The highest BCUT2D eigenvalue weighted by molar-refractivity contribution is 7.73. The van der Waals surface area contributed by atoms with Crippen molar-refractivity contribution in [2.75, 3.05) is 11.9 Å². The van der Waals surface area contributed by atoms with Gasteiger partial charge in [-0.2, -0.15) is 0 Å². The number of anilines is 1. The van der Waals surface area contributed by atoms with Gasteiger partial charge in [-0.3, -0.25) is 4.90 Å². The highest BCUT2D eigenvalue weighted by atomic mass is 32.1. The van der Waals surface area contributed by atoms with Crippen LogP contribution in [-0.4, -0.2) is 27.3 Å². The van der Waals surface area contributed by atoms with Crippen molar-refractivity contribution in [3.63, 3.8) is 0 Å². The fourth-order valence-corrected chi connectivity index (χ4v) is 5.81. The van der Waals surface area contributed by atoms with Gasteiger partial charge in [0.15, 0.2) is 3.95 Å². The predicted molar refractivity (Wildman–Crippen MR) is 104 cm³/mol. The summed E-state index contributed by atoms with van der Waals surface area (Å²) in [5.41, 5.74) is 0. The molecule has 0 spiro atoms. The van der Waals surface area contributed by atoms with Crippen molar-refractivity contribution < 1.29 is 0 Å². The molecule has 1 saturated carbocycles. The Morgan fingerprint density at radius 2 is 2.08 bits per heavy atom. The second kappa shape index (κ2) is 7.64. The van der Waals surface area contributed by atoms with Gasteiger partial charge in [-0.25, -0.2) is 4.68 Å². The molecule has 1 aliphatic heterocycles. The molecule has 4 nitrogen and oxygen atoms in total. The summed E-state index contributed by atoms with van der Waals surface area (Å²) in [6, 6.07) is 5.52. The molecule has 0 aromatic carbocycles. The average molecular weight is 381 g/mol. The maximum absolute atomic E-state index is 5.57. The van der Waals surface area contributed by atoms with Gasteiger partial charge in [0, 0.05) is 23.5 Å². The quantitative estimate of drug-likeness (QED) is 0.716. The normalized spacial score (nSPS) is 22.9. The summed E-state index contributed by atoms with van der Waals surface area (Å²) in [6.45, 7) is 1.94. The highest BCUT2D eigenvalue weighted by Crippen LogP contribution is 2.35. The van der Waals surface area contributed by atoms with Crippen molar-refractivity contribution in [1.29, 1.82) is 0 Å². The molecule has 0 bridgehead atoms. The minimum absolute atomic E-state index is 0.531. The zero-order valence-corrected chi connectivity index (χ0v) is 16.3. The molecular weight excluding hydrogens is 356 g/mol. The number of thiophene rings is 1. The molecule has 2 fully saturated rings. The number of hydrogen-bond acceptors (Lipinski definition) is 6. The van der Waals surface area contributed by atoms with E-state index in [9.17, 15) is 0 Å². The molecule has 1 aliphatic carbocycles. The van der Waals surface area contributed by atoms with E-state index in [1.165, 1.54) is 49.8 Å². The van der Waals surface area contributed by atoms with Gasteiger partial charge in [0.2, 0.25) is 5.13 Å². The maximum atomic E-state index is 5.57. The van der Waals surface area contributed by atoms with Crippen LogP contribution in [0.5, 0.6) is 0 Å². The van der Waals surface area contributed by atoms with Gasteiger partial charge in [-0.15, -0.1) is 16.4 Å². The van der Waals surface area contributed by atoms with Crippen LogP contribution in [0, 0.1) is 3.95 Å². The summed E-state index contributed by atoms with van der Waals surface area (Å²) < 4.78 is 2.89. The lowest BCUT2D eigenvalue weighted by Gasteiger charge is -2.23. The van der Waals surface area contributed by atoms with E-state index in [0.29, 0.717) is 12.1 Å². The first-order chi connectivity index (χ1) is 11.8. The fourth-order valence-electron chi connectivity index (χ4n) is 3.85. The lowest BCUT2D eigenvalue weighted by molar-refractivity contribution is 0.193. The Morgan fingerprint density at radius 3 is 2.88 bits per heavy atom. The Kier molecular flexibility index (Phi) is 5.31. The Morgan fingerprint density at radius 1 is 1.21 bits per heavy atom. The van der Waals surface area contributed by atoms with Gasteiger partial charge in [0.25, 0.3) is 0 Å². The van der Waals surface area contributed by atoms with E-state index in [1.54, 1.807) is 11.3 Å². The number of aromatic nitrogens is 2. The van der Waals surface area contributed by atoms with Crippen LogP contribution >= 0.6 is 34.9 Å². The molecule has 24 heavy (non-hydrogen) atoms. The zero-order valence-electron chi connectivity index (χ0n) is 13.8. The zero-order chi connectivity index (χ0) is 16.4. The van der Waals surface area contributed by atoms with E-state index >= 15 is 0 Å². The molecule has 2 aromatic heterocycles. The third-order valence-electron chi connectivity index (χ3n) is 5.09. The SMILES string of the molecule is S=c1sc(NC2CCCCC2)nn1CN1CCC[C@H]1c1cccs1. The second-order valence-electron chi connectivity index (χ2n) is 6.78. The number of nitrogens with one attached hydrogen (secondary N) is 1. The Labute approximate surface area is 156 Å². The number of hydrogen-bond donors (Lipinski definition) is 1. The molecule has 1 N–H and O–H groups in total. The second-order valence-corrected chi connectivity index (χ2v) is 9.38. The van der Waals surface area contributed by atoms with Crippen LogP contribution in [0.25, 0.3) is 0 Å². The van der Waals surface area contributed by atoms with Crippen LogP contribution < -0.4 is 5.32 Å². The van der Waals surface area contributed by atoms with E-state index in [1.807, 2.05) is 16.0 Å². The van der Waals surface area contributed by atoms with Crippen LogP contribution in [-0.2, 0) is 6.67 Å². The van der Waals surface area contributed by atoms with Crippen LogP contribution in [0.3, 0.4) is 0 Å². The molecule has 0 unspecified atom stereocenters. The lowest BCUT2D eigenvalue weighted by Crippen LogP contribution is -2.27. The molecular formula is C17H24N4S3. The molecule has 3 heterocycles. The molecule has 1 saturated heterocycles. The Bertz CT molecular complexity index is 700. The van der Waals surface area contributed by atoms with E-state index in [0.717, 1.165) is 22.3 Å². The van der Waals surface area contributed by atoms with Crippen molar-refractivity contribution in [3.05, 3.63) is 26.3 Å². The van der Waals surface area contributed by atoms with Gasteiger partial charge >= 0.3 is 0 Å². The number of likely N-dealkylation sites (tertiary alicyclic amines) is 1. The summed E-state index contributed by atoms with van der Waals surface area (Å²) >= 11 is 9.05. The molecule has 4 rings (SSSR count). The van der Waals surface area contributed by atoms with E-state index < -0.39 is 0 Å². The van der Waals surface area contributed by atoms with Crippen molar-refractivity contribution in [2.24, 2.45) is 0 Å². The Hall–Kier alpha value is -0.760. The van der Waals surface area contributed by atoms with E-state index in [-0.39, 0.29) is 0 Å². The van der Waals surface area contributed by atoms with Crippen molar-refractivity contribution in [3.8, 4) is 0 Å². The smallest absolute Gasteiger partial charge is 0.204 e. The van der Waals surface area contributed by atoms with Crippen LogP contribution in [0.2, 0.25) is 0 Å². The van der Waals surface area contributed by atoms with Crippen LogP contribution in [0.4, 0.5) is 5.13 Å². The summed E-state index contributed by atoms with van der Waals surface area (Å²) in [6.07, 6.45) is 9.07.